The minimum Gasteiger partial charge on any atom is -0.397 e. The summed E-state index contributed by atoms with van der Waals surface area (Å²) in [6.07, 6.45) is 8.85. The van der Waals surface area contributed by atoms with Gasteiger partial charge < -0.3 is 11.5 Å². The van der Waals surface area contributed by atoms with Gasteiger partial charge in [0, 0.05) is 5.39 Å². The normalized spacial score (nSPS) is 11.1. The Kier molecular flexibility index (Phi) is 5.28. The maximum atomic E-state index is 6.19. The molecule has 0 aliphatic heterocycles. The maximum absolute atomic E-state index is 6.19. The lowest BCUT2D eigenvalue weighted by molar-refractivity contribution is 0.608. The first-order valence-electron chi connectivity index (χ1n) is 7.79. The fourth-order valence-electron chi connectivity index (χ4n) is 2.75. The Morgan fingerprint density at radius 2 is 1.55 bits per heavy atom. The number of anilines is 2. The van der Waals surface area contributed by atoms with Crippen LogP contribution in [0.25, 0.3) is 10.8 Å². The van der Waals surface area contributed by atoms with Gasteiger partial charge in [-0.3, -0.25) is 0 Å². The van der Waals surface area contributed by atoms with Crippen molar-refractivity contribution in [3.05, 3.63) is 35.9 Å². The third kappa shape index (κ3) is 3.44. The molecule has 2 heteroatoms. The van der Waals surface area contributed by atoms with Crippen LogP contribution in [0.1, 0.15) is 51.0 Å². The number of aryl methyl sites for hydroxylation is 1. The quantitative estimate of drug-likeness (QED) is 0.555. The smallest absolute Gasteiger partial charge is 0.0630 e. The summed E-state index contributed by atoms with van der Waals surface area (Å²) >= 11 is 0. The van der Waals surface area contributed by atoms with Crippen molar-refractivity contribution in [2.24, 2.45) is 0 Å². The summed E-state index contributed by atoms with van der Waals surface area (Å²) in [6, 6.07) is 10.4. The molecule has 0 amide bonds. The molecule has 0 saturated carbocycles. The highest BCUT2D eigenvalue weighted by atomic mass is 14.7. The molecule has 0 aromatic heterocycles. The zero-order valence-electron chi connectivity index (χ0n) is 12.5. The molecule has 0 bridgehead atoms. The first kappa shape index (κ1) is 14.7. The summed E-state index contributed by atoms with van der Waals surface area (Å²) in [5, 5.41) is 2.26. The SMILES string of the molecule is CCCCCCCCc1cc2ccccc2c(N)c1N. The summed E-state index contributed by atoms with van der Waals surface area (Å²) in [4.78, 5) is 0. The van der Waals surface area contributed by atoms with Crippen molar-refractivity contribution in [2.45, 2.75) is 51.9 Å². The van der Waals surface area contributed by atoms with E-state index in [4.69, 9.17) is 11.5 Å². The van der Waals surface area contributed by atoms with Crippen molar-refractivity contribution in [1.82, 2.24) is 0 Å². The number of nitrogens with two attached hydrogens (primary N) is 2. The molecule has 0 atom stereocenters. The van der Waals surface area contributed by atoms with E-state index in [1.807, 2.05) is 18.2 Å². The van der Waals surface area contributed by atoms with Gasteiger partial charge in [-0.15, -0.1) is 0 Å². The molecular formula is C18H26N2. The second-order valence-electron chi connectivity index (χ2n) is 5.60. The van der Waals surface area contributed by atoms with Crippen LogP contribution in [0, 0.1) is 0 Å². The van der Waals surface area contributed by atoms with Gasteiger partial charge in [0.15, 0.2) is 0 Å². The Bertz CT molecular complexity index is 561. The maximum Gasteiger partial charge on any atom is 0.0630 e. The molecule has 2 aromatic rings. The highest BCUT2D eigenvalue weighted by Gasteiger charge is 2.07. The molecule has 108 valence electrons. The van der Waals surface area contributed by atoms with Crippen molar-refractivity contribution in [3.8, 4) is 0 Å². The average molecular weight is 270 g/mol. The van der Waals surface area contributed by atoms with Crippen molar-refractivity contribution < 1.29 is 0 Å². The van der Waals surface area contributed by atoms with Crippen LogP contribution in [0.3, 0.4) is 0 Å². The average Bonchev–Trinajstić information content (AvgIpc) is 2.47. The van der Waals surface area contributed by atoms with Crippen LogP contribution >= 0.6 is 0 Å². The monoisotopic (exact) mass is 270 g/mol. The fourth-order valence-corrected chi connectivity index (χ4v) is 2.75. The van der Waals surface area contributed by atoms with Crippen molar-refractivity contribution in [2.75, 3.05) is 11.5 Å². The molecule has 0 heterocycles. The summed E-state index contributed by atoms with van der Waals surface area (Å²) in [5.74, 6) is 0. The molecule has 20 heavy (non-hydrogen) atoms. The second-order valence-corrected chi connectivity index (χ2v) is 5.60. The number of fused-ring (bicyclic) bond motifs is 1. The van der Waals surface area contributed by atoms with Gasteiger partial charge in [-0.1, -0.05) is 63.3 Å². The zero-order chi connectivity index (χ0) is 14.4. The van der Waals surface area contributed by atoms with Gasteiger partial charge in [-0.05, 0) is 29.9 Å². The van der Waals surface area contributed by atoms with E-state index < -0.39 is 0 Å². The Morgan fingerprint density at radius 3 is 2.35 bits per heavy atom. The van der Waals surface area contributed by atoms with Crippen LogP contribution in [0.2, 0.25) is 0 Å². The Hall–Kier alpha value is -1.70. The number of benzene rings is 2. The molecule has 0 unspecified atom stereocenters. The lowest BCUT2D eigenvalue weighted by Gasteiger charge is -2.12. The van der Waals surface area contributed by atoms with Crippen molar-refractivity contribution in [3.63, 3.8) is 0 Å². The molecule has 4 N–H and O–H groups in total. The predicted octanol–water partition coefficient (Wildman–Crippen LogP) is 4.91. The molecule has 0 radical (unpaired) electrons. The minimum atomic E-state index is 0.740. The van der Waals surface area contributed by atoms with Gasteiger partial charge in [-0.2, -0.15) is 0 Å². The van der Waals surface area contributed by atoms with Crippen molar-refractivity contribution >= 4 is 22.1 Å². The molecule has 2 nitrogen and oxygen atoms in total. The van der Waals surface area contributed by atoms with Gasteiger partial charge >= 0.3 is 0 Å². The third-order valence-corrected chi connectivity index (χ3v) is 4.02. The highest BCUT2D eigenvalue weighted by Crippen LogP contribution is 2.31. The largest absolute Gasteiger partial charge is 0.397 e. The molecule has 0 aliphatic rings. The van der Waals surface area contributed by atoms with Crippen LogP contribution in [-0.4, -0.2) is 0 Å². The van der Waals surface area contributed by atoms with Gasteiger partial charge in [0.2, 0.25) is 0 Å². The van der Waals surface area contributed by atoms with E-state index in [0.717, 1.165) is 23.2 Å². The zero-order valence-corrected chi connectivity index (χ0v) is 12.5. The lowest BCUT2D eigenvalue weighted by Crippen LogP contribution is -2.01. The standard InChI is InChI=1S/C18H26N2/c1-2-3-4-5-6-7-11-15-13-14-10-8-9-12-16(14)18(20)17(15)19/h8-10,12-13H,2-7,11,19-20H2,1H3. The molecule has 0 spiro atoms. The lowest BCUT2D eigenvalue weighted by atomic mass is 9.98. The summed E-state index contributed by atoms with van der Waals surface area (Å²) in [5.41, 5.74) is 15.1. The van der Waals surface area contributed by atoms with Crippen LogP contribution in [0.15, 0.2) is 30.3 Å². The molecular weight excluding hydrogens is 244 g/mol. The van der Waals surface area contributed by atoms with Gasteiger partial charge in [0.1, 0.15) is 0 Å². The minimum absolute atomic E-state index is 0.740. The van der Waals surface area contributed by atoms with E-state index in [1.54, 1.807) is 0 Å². The number of hydrogen-bond donors (Lipinski definition) is 2. The number of unbranched alkanes of at least 4 members (excludes halogenated alkanes) is 5. The number of hydrogen-bond acceptors (Lipinski definition) is 2. The Balaban J connectivity index is 2.01. The summed E-state index contributed by atoms with van der Waals surface area (Å²) in [7, 11) is 0. The summed E-state index contributed by atoms with van der Waals surface area (Å²) in [6.45, 7) is 2.25. The third-order valence-electron chi connectivity index (χ3n) is 4.02. The first-order valence-corrected chi connectivity index (χ1v) is 7.79. The van der Waals surface area contributed by atoms with Crippen LogP contribution in [0.4, 0.5) is 11.4 Å². The van der Waals surface area contributed by atoms with Crippen molar-refractivity contribution in [1.29, 1.82) is 0 Å². The molecule has 2 aromatic carbocycles. The van der Waals surface area contributed by atoms with E-state index >= 15 is 0 Å². The molecule has 0 saturated heterocycles. The van der Waals surface area contributed by atoms with E-state index in [2.05, 4.69) is 19.1 Å². The summed E-state index contributed by atoms with van der Waals surface area (Å²) < 4.78 is 0. The van der Waals surface area contributed by atoms with Crippen LogP contribution in [0.5, 0.6) is 0 Å². The fraction of sp³-hybridized carbons (Fsp3) is 0.444. The Morgan fingerprint density at radius 1 is 0.850 bits per heavy atom. The molecule has 0 fully saturated rings. The topological polar surface area (TPSA) is 52.0 Å². The van der Waals surface area contributed by atoms with E-state index in [1.165, 1.54) is 49.5 Å². The van der Waals surface area contributed by atoms with Crippen LogP contribution < -0.4 is 11.5 Å². The second kappa shape index (κ2) is 7.18. The van der Waals surface area contributed by atoms with Crippen LogP contribution in [-0.2, 0) is 6.42 Å². The number of nitrogen functional groups attached to an aromatic ring is 2. The molecule has 2 rings (SSSR count). The van der Waals surface area contributed by atoms with Gasteiger partial charge in [0.25, 0.3) is 0 Å². The van der Waals surface area contributed by atoms with E-state index in [-0.39, 0.29) is 0 Å². The van der Waals surface area contributed by atoms with E-state index in [9.17, 15) is 0 Å². The number of rotatable bonds is 7. The Labute approximate surface area is 122 Å². The van der Waals surface area contributed by atoms with Gasteiger partial charge in [-0.25, -0.2) is 0 Å². The predicted molar refractivity (Wildman–Crippen MR) is 89.9 cm³/mol. The highest BCUT2D eigenvalue weighted by molar-refractivity contribution is 5.99. The first-order chi connectivity index (χ1) is 9.74. The van der Waals surface area contributed by atoms with E-state index in [0.29, 0.717) is 0 Å². The van der Waals surface area contributed by atoms with Gasteiger partial charge in [0.05, 0.1) is 11.4 Å². The molecule has 0 aliphatic carbocycles.